The highest BCUT2D eigenvalue weighted by molar-refractivity contribution is 5.77. The van der Waals surface area contributed by atoms with Crippen molar-refractivity contribution in [3.8, 4) is 11.5 Å². The Labute approximate surface area is 120 Å². The van der Waals surface area contributed by atoms with Gasteiger partial charge in [0.05, 0.1) is 13.7 Å². The second kappa shape index (κ2) is 7.62. The molecule has 1 aliphatic rings. The zero-order valence-electron chi connectivity index (χ0n) is 12.0. The summed E-state index contributed by atoms with van der Waals surface area (Å²) in [4.78, 5) is 4.33. The second-order valence-corrected chi connectivity index (χ2v) is 4.98. The number of aliphatic imine (C=N–C) groups is 1. The summed E-state index contributed by atoms with van der Waals surface area (Å²) in [5.74, 6) is 2.82. The second-order valence-electron chi connectivity index (χ2n) is 4.98. The molecule has 0 unspecified atom stereocenters. The molecule has 20 heavy (non-hydrogen) atoms. The van der Waals surface area contributed by atoms with Gasteiger partial charge in [-0.2, -0.15) is 0 Å². The molecule has 1 aromatic rings. The molecule has 5 heteroatoms. The molecule has 0 spiro atoms. The molecule has 3 N–H and O–H groups in total. The number of guanidine groups is 1. The predicted octanol–water partition coefficient (Wildman–Crippen LogP) is 1.78. The van der Waals surface area contributed by atoms with Crippen molar-refractivity contribution in [3.05, 3.63) is 24.3 Å². The van der Waals surface area contributed by atoms with Crippen LogP contribution in [0.3, 0.4) is 0 Å². The van der Waals surface area contributed by atoms with Gasteiger partial charge in [-0.3, -0.25) is 4.99 Å². The lowest BCUT2D eigenvalue weighted by molar-refractivity contribution is 0.318. The van der Waals surface area contributed by atoms with E-state index in [9.17, 15) is 0 Å². The Hall–Kier alpha value is -1.91. The molecular weight excluding hydrogens is 254 g/mol. The van der Waals surface area contributed by atoms with Crippen LogP contribution >= 0.6 is 0 Å². The number of hydrogen-bond donors (Lipinski definition) is 2. The zero-order valence-corrected chi connectivity index (χ0v) is 12.0. The Morgan fingerprint density at radius 2 is 2.20 bits per heavy atom. The fourth-order valence-electron chi connectivity index (χ4n) is 2.00. The van der Waals surface area contributed by atoms with Crippen molar-refractivity contribution in [2.24, 2.45) is 16.6 Å². The molecular formula is C15H23N3O2. The van der Waals surface area contributed by atoms with Gasteiger partial charge < -0.3 is 20.5 Å². The van der Waals surface area contributed by atoms with Crippen molar-refractivity contribution in [1.82, 2.24) is 5.32 Å². The number of rotatable bonds is 7. The smallest absolute Gasteiger partial charge is 0.188 e. The first-order chi connectivity index (χ1) is 9.78. The molecule has 0 aromatic heterocycles. The normalized spacial score (nSPS) is 15.6. The monoisotopic (exact) mass is 277 g/mol. The lowest BCUT2D eigenvalue weighted by Crippen LogP contribution is -2.35. The minimum atomic E-state index is 0.506. The third-order valence-electron chi connectivity index (χ3n) is 3.46. The SMILES string of the molecule is COc1cccc(OCCNC(N)=NCC2CCC2)c1. The van der Waals surface area contributed by atoms with Crippen LogP contribution in [0.2, 0.25) is 0 Å². The maximum atomic E-state index is 5.79. The summed E-state index contributed by atoms with van der Waals surface area (Å²) >= 11 is 0. The minimum Gasteiger partial charge on any atom is -0.497 e. The summed E-state index contributed by atoms with van der Waals surface area (Å²) in [6.07, 6.45) is 3.91. The summed E-state index contributed by atoms with van der Waals surface area (Å²) in [7, 11) is 1.64. The molecule has 0 radical (unpaired) electrons. The summed E-state index contributed by atoms with van der Waals surface area (Å²) in [5, 5.41) is 3.06. The van der Waals surface area contributed by atoms with E-state index in [4.69, 9.17) is 15.2 Å². The fraction of sp³-hybridized carbons (Fsp3) is 0.533. The van der Waals surface area contributed by atoms with E-state index in [1.54, 1.807) is 7.11 Å². The van der Waals surface area contributed by atoms with Gasteiger partial charge in [-0.05, 0) is 30.9 Å². The average Bonchev–Trinajstić information content (AvgIpc) is 2.42. The minimum absolute atomic E-state index is 0.506. The first kappa shape index (κ1) is 14.5. The molecule has 5 nitrogen and oxygen atoms in total. The molecule has 0 bridgehead atoms. The number of nitrogens with zero attached hydrogens (tertiary/aromatic N) is 1. The molecule has 0 aliphatic heterocycles. The Balaban J connectivity index is 1.62. The highest BCUT2D eigenvalue weighted by atomic mass is 16.5. The molecule has 0 saturated heterocycles. The Kier molecular flexibility index (Phi) is 5.53. The van der Waals surface area contributed by atoms with Crippen molar-refractivity contribution in [2.45, 2.75) is 19.3 Å². The zero-order chi connectivity index (χ0) is 14.2. The van der Waals surface area contributed by atoms with Crippen LogP contribution in [0.1, 0.15) is 19.3 Å². The van der Waals surface area contributed by atoms with E-state index in [1.807, 2.05) is 24.3 Å². The highest BCUT2D eigenvalue weighted by Gasteiger charge is 2.16. The first-order valence-corrected chi connectivity index (χ1v) is 7.08. The van der Waals surface area contributed by atoms with Crippen LogP contribution in [-0.2, 0) is 0 Å². The number of ether oxygens (including phenoxy) is 2. The maximum absolute atomic E-state index is 5.79. The van der Waals surface area contributed by atoms with Crippen molar-refractivity contribution >= 4 is 5.96 Å². The standard InChI is InChI=1S/C15H23N3O2/c1-19-13-6-3-7-14(10-13)20-9-8-17-15(16)18-11-12-4-2-5-12/h3,6-7,10,12H,2,4-5,8-9,11H2,1H3,(H3,16,17,18). The average molecular weight is 277 g/mol. The van der Waals surface area contributed by atoms with E-state index in [-0.39, 0.29) is 0 Å². The van der Waals surface area contributed by atoms with Gasteiger partial charge in [0.25, 0.3) is 0 Å². The lowest BCUT2D eigenvalue weighted by atomic mass is 9.86. The fourth-order valence-corrected chi connectivity index (χ4v) is 2.00. The summed E-state index contributed by atoms with van der Waals surface area (Å²) in [5.41, 5.74) is 5.79. The number of nitrogens with one attached hydrogen (secondary N) is 1. The van der Waals surface area contributed by atoms with E-state index in [2.05, 4.69) is 10.3 Å². The van der Waals surface area contributed by atoms with Crippen LogP contribution in [0.25, 0.3) is 0 Å². The number of hydrogen-bond acceptors (Lipinski definition) is 3. The highest BCUT2D eigenvalue weighted by Crippen LogP contribution is 2.26. The summed E-state index contributed by atoms with van der Waals surface area (Å²) in [6, 6.07) is 7.54. The Bertz CT molecular complexity index is 444. The number of benzene rings is 1. The predicted molar refractivity (Wildman–Crippen MR) is 80.3 cm³/mol. The van der Waals surface area contributed by atoms with E-state index in [0.717, 1.165) is 24.0 Å². The maximum Gasteiger partial charge on any atom is 0.188 e. The third kappa shape index (κ3) is 4.64. The van der Waals surface area contributed by atoms with Crippen LogP contribution in [0, 0.1) is 5.92 Å². The van der Waals surface area contributed by atoms with Gasteiger partial charge in [-0.15, -0.1) is 0 Å². The van der Waals surface area contributed by atoms with Crippen molar-refractivity contribution in [1.29, 1.82) is 0 Å². The van der Waals surface area contributed by atoms with Crippen LogP contribution in [0.5, 0.6) is 11.5 Å². The Morgan fingerprint density at radius 1 is 1.40 bits per heavy atom. The van der Waals surface area contributed by atoms with Crippen molar-refractivity contribution < 1.29 is 9.47 Å². The summed E-state index contributed by atoms with van der Waals surface area (Å²) in [6.45, 7) is 2.01. The van der Waals surface area contributed by atoms with E-state index < -0.39 is 0 Å². The van der Waals surface area contributed by atoms with Crippen LogP contribution < -0.4 is 20.5 Å². The van der Waals surface area contributed by atoms with Crippen LogP contribution in [-0.4, -0.2) is 32.8 Å². The van der Waals surface area contributed by atoms with Gasteiger partial charge in [0.15, 0.2) is 5.96 Å². The van der Waals surface area contributed by atoms with Crippen LogP contribution in [0.4, 0.5) is 0 Å². The molecule has 0 amide bonds. The molecule has 0 heterocycles. The van der Waals surface area contributed by atoms with Gasteiger partial charge in [-0.25, -0.2) is 0 Å². The largest absolute Gasteiger partial charge is 0.497 e. The number of nitrogens with two attached hydrogens (primary N) is 1. The van der Waals surface area contributed by atoms with Gasteiger partial charge in [-0.1, -0.05) is 12.5 Å². The van der Waals surface area contributed by atoms with Gasteiger partial charge >= 0.3 is 0 Å². The third-order valence-corrected chi connectivity index (χ3v) is 3.46. The van der Waals surface area contributed by atoms with E-state index in [1.165, 1.54) is 19.3 Å². The topological polar surface area (TPSA) is 68.9 Å². The van der Waals surface area contributed by atoms with Crippen LogP contribution in [0.15, 0.2) is 29.3 Å². The molecule has 110 valence electrons. The molecule has 1 aromatic carbocycles. The lowest BCUT2D eigenvalue weighted by Gasteiger charge is -2.23. The first-order valence-electron chi connectivity index (χ1n) is 7.08. The number of methoxy groups -OCH3 is 1. The van der Waals surface area contributed by atoms with E-state index in [0.29, 0.717) is 19.1 Å². The van der Waals surface area contributed by atoms with Gasteiger partial charge in [0, 0.05) is 12.6 Å². The molecule has 1 aliphatic carbocycles. The van der Waals surface area contributed by atoms with E-state index >= 15 is 0 Å². The quantitative estimate of drug-likeness (QED) is 0.453. The molecule has 1 saturated carbocycles. The van der Waals surface area contributed by atoms with Crippen molar-refractivity contribution in [3.63, 3.8) is 0 Å². The Morgan fingerprint density at radius 3 is 2.90 bits per heavy atom. The van der Waals surface area contributed by atoms with Gasteiger partial charge in [0.1, 0.15) is 18.1 Å². The van der Waals surface area contributed by atoms with Gasteiger partial charge in [0.2, 0.25) is 0 Å². The molecule has 0 atom stereocenters. The molecule has 2 rings (SSSR count). The van der Waals surface area contributed by atoms with Crippen molar-refractivity contribution in [2.75, 3.05) is 26.8 Å². The summed E-state index contributed by atoms with van der Waals surface area (Å²) < 4.78 is 10.7. The molecule has 1 fully saturated rings.